The minimum Gasteiger partial charge on any atom is -0.376 e. The summed E-state index contributed by atoms with van der Waals surface area (Å²) in [5, 5.41) is 5.62. The molecule has 0 saturated carbocycles. The van der Waals surface area contributed by atoms with Crippen LogP contribution in [0.2, 0.25) is 0 Å². The Morgan fingerprint density at radius 3 is 2.72 bits per heavy atom. The summed E-state index contributed by atoms with van der Waals surface area (Å²) in [5.74, 6) is -0.258. The van der Waals surface area contributed by atoms with E-state index in [0.29, 0.717) is 17.9 Å². The van der Waals surface area contributed by atoms with E-state index in [1.807, 2.05) is 6.92 Å². The molecule has 0 fully saturated rings. The van der Waals surface area contributed by atoms with Crippen LogP contribution < -0.4 is 10.6 Å². The molecule has 0 aliphatic carbocycles. The lowest BCUT2D eigenvalue weighted by molar-refractivity contribution is -0.119. The molecule has 0 aliphatic heterocycles. The van der Waals surface area contributed by atoms with E-state index in [2.05, 4.69) is 15.6 Å². The highest BCUT2D eigenvalue weighted by molar-refractivity contribution is 5.92. The second-order valence-electron chi connectivity index (χ2n) is 3.94. The molecule has 6 heteroatoms. The number of rotatable bonds is 5. The molecule has 0 spiro atoms. The SMILES string of the molecule is CCNC(=O)CNc1ccnc(C(=O)N(C)C)c1. The summed E-state index contributed by atoms with van der Waals surface area (Å²) in [6.07, 6.45) is 1.54. The van der Waals surface area contributed by atoms with Crippen LogP contribution in [0, 0.1) is 0 Å². The van der Waals surface area contributed by atoms with Crippen molar-refractivity contribution >= 4 is 17.5 Å². The van der Waals surface area contributed by atoms with Gasteiger partial charge in [-0.25, -0.2) is 0 Å². The van der Waals surface area contributed by atoms with Gasteiger partial charge in [0, 0.05) is 32.5 Å². The van der Waals surface area contributed by atoms with Crippen molar-refractivity contribution in [2.75, 3.05) is 32.5 Å². The Labute approximate surface area is 106 Å². The zero-order valence-corrected chi connectivity index (χ0v) is 10.9. The predicted octanol–water partition coefficient (Wildman–Crippen LogP) is 0.331. The molecule has 6 nitrogen and oxygen atoms in total. The Bertz CT molecular complexity index is 432. The van der Waals surface area contributed by atoms with Gasteiger partial charge in [0.05, 0.1) is 6.54 Å². The number of aromatic nitrogens is 1. The largest absolute Gasteiger partial charge is 0.376 e. The van der Waals surface area contributed by atoms with Gasteiger partial charge < -0.3 is 15.5 Å². The molecule has 2 amide bonds. The van der Waals surface area contributed by atoms with E-state index in [1.165, 1.54) is 11.1 Å². The number of carbonyl (C=O) groups excluding carboxylic acids is 2. The summed E-state index contributed by atoms with van der Waals surface area (Å²) in [6, 6.07) is 3.34. The van der Waals surface area contributed by atoms with Crippen molar-refractivity contribution in [3.8, 4) is 0 Å². The maximum atomic E-state index is 11.7. The van der Waals surface area contributed by atoms with Crippen molar-refractivity contribution < 1.29 is 9.59 Å². The molecule has 0 radical (unpaired) electrons. The molecule has 0 unspecified atom stereocenters. The molecule has 1 aromatic rings. The van der Waals surface area contributed by atoms with E-state index in [0.717, 1.165) is 0 Å². The number of nitrogens with one attached hydrogen (secondary N) is 2. The first-order valence-corrected chi connectivity index (χ1v) is 5.73. The van der Waals surface area contributed by atoms with Crippen LogP contribution in [0.4, 0.5) is 5.69 Å². The van der Waals surface area contributed by atoms with Crippen LogP contribution >= 0.6 is 0 Å². The fraction of sp³-hybridized carbons (Fsp3) is 0.417. The van der Waals surface area contributed by atoms with Gasteiger partial charge in [0.1, 0.15) is 5.69 Å². The average molecular weight is 250 g/mol. The molecule has 1 aromatic heterocycles. The summed E-state index contributed by atoms with van der Waals surface area (Å²) < 4.78 is 0. The predicted molar refractivity (Wildman–Crippen MR) is 69.4 cm³/mol. The second kappa shape index (κ2) is 6.58. The fourth-order valence-electron chi connectivity index (χ4n) is 1.33. The molecule has 1 rings (SSSR count). The fourth-order valence-corrected chi connectivity index (χ4v) is 1.33. The van der Waals surface area contributed by atoms with Crippen LogP contribution in [0.15, 0.2) is 18.3 Å². The van der Waals surface area contributed by atoms with Crippen LogP contribution in [-0.4, -0.2) is 48.9 Å². The summed E-state index contributed by atoms with van der Waals surface area (Å²) in [7, 11) is 3.33. The van der Waals surface area contributed by atoms with Gasteiger partial charge in [-0.15, -0.1) is 0 Å². The van der Waals surface area contributed by atoms with E-state index < -0.39 is 0 Å². The maximum absolute atomic E-state index is 11.7. The van der Waals surface area contributed by atoms with Gasteiger partial charge in [-0.1, -0.05) is 0 Å². The van der Waals surface area contributed by atoms with Crippen LogP contribution in [0.3, 0.4) is 0 Å². The highest BCUT2D eigenvalue weighted by Crippen LogP contribution is 2.08. The smallest absolute Gasteiger partial charge is 0.272 e. The van der Waals surface area contributed by atoms with Crippen LogP contribution in [0.25, 0.3) is 0 Å². The Morgan fingerprint density at radius 1 is 1.39 bits per heavy atom. The molecule has 2 N–H and O–H groups in total. The molecule has 0 aliphatic rings. The number of hydrogen-bond donors (Lipinski definition) is 2. The lowest BCUT2D eigenvalue weighted by atomic mass is 10.3. The van der Waals surface area contributed by atoms with Gasteiger partial charge in [-0.2, -0.15) is 0 Å². The van der Waals surface area contributed by atoms with E-state index in [1.54, 1.807) is 26.2 Å². The molecule has 1 heterocycles. The third kappa shape index (κ3) is 4.04. The highest BCUT2D eigenvalue weighted by atomic mass is 16.2. The number of carbonyl (C=O) groups is 2. The topological polar surface area (TPSA) is 74.3 Å². The summed E-state index contributed by atoms with van der Waals surface area (Å²) in [6.45, 7) is 2.63. The first-order valence-electron chi connectivity index (χ1n) is 5.73. The van der Waals surface area contributed by atoms with Gasteiger partial charge >= 0.3 is 0 Å². The third-order valence-corrected chi connectivity index (χ3v) is 2.21. The maximum Gasteiger partial charge on any atom is 0.272 e. The highest BCUT2D eigenvalue weighted by Gasteiger charge is 2.10. The second-order valence-corrected chi connectivity index (χ2v) is 3.94. The molecule has 0 bridgehead atoms. The van der Waals surface area contributed by atoms with Crippen LogP contribution in [-0.2, 0) is 4.79 Å². The van der Waals surface area contributed by atoms with Crippen molar-refractivity contribution in [3.63, 3.8) is 0 Å². The minimum absolute atomic E-state index is 0.0881. The van der Waals surface area contributed by atoms with Gasteiger partial charge in [0.2, 0.25) is 5.91 Å². The molecule has 18 heavy (non-hydrogen) atoms. The Kier molecular flexibility index (Phi) is 5.10. The molecule has 98 valence electrons. The average Bonchev–Trinajstić information content (AvgIpc) is 2.36. The number of amides is 2. The minimum atomic E-state index is -0.170. The van der Waals surface area contributed by atoms with E-state index in [4.69, 9.17) is 0 Å². The van der Waals surface area contributed by atoms with Crippen molar-refractivity contribution in [2.24, 2.45) is 0 Å². The lowest BCUT2D eigenvalue weighted by Gasteiger charge is -2.11. The van der Waals surface area contributed by atoms with Crippen molar-refractivity contribution in [1.82, 2.24) is 15.2 Å². The zero-order chi connectivity index (χ0) is 13.5. The number of nitrogens with zero attached hydrogens (tertiary/aromatic N) is 2. The Balaban J connectivity index is 2.65. The molecular formula is C12H18N4O2. The number of pyridine rings is 1. The first kappa shape index (κ1) is 14.0. The lowest BCUT2D eigenvalue weighted by Crippen LogP contribution is -2.29. The van der Waals surface area contributed by atoms with Crippen LogP contribution in [0.5, 0.6) is 0 Å². The normalized spacial score (nSPS) is 9.72. The molecule has 0 aromatic carbocycles. The monoisotopic (exact) mass is 250 g/mol. The molecule has 0 atom stereocenters. The van der Waals surface area contributed by atoms with Gasteiger partial charge in [0.25, 0.3) is 5.91 Å². The number of hydrogen-bond acceptors (Lipinski definition) is 4. The van der Waals surface area contributed by atoms with E-state index in [-0.39, 0.29) is 18.4 Å². The van der Waals surface area contributed by atoms with Gasteiger partial charge in [-0.3, -0.25) is 14.6 Å². The quantitative estimate of drug-likeness (QED) is 0.790. The Hall–Kier alpha value is -2.11. The van der Waals surface area contributed by atoms with E-state index in [9.17, 15) is 9.59 Å². The van der Waals surface area contributed by atoms with E-state index >= 15 is 0 Å². The summed E-state index contributed by atoms with van der Waals surface area (Å²) in [5.41, 5.74) is 1.04. The standard InChI is InChI=1S/C12H18N4O2/c1-4-13-11(17)8-15-9-5-6-14-10(7-9)12(18)16(2)3/h5-7H,4,8H2,1-3H3,(H,13,17)(H,14,15). The zero-order valence-electron chi connectivity index (χ0n) is 10.9. The van der Waals surface area contributed by atoms with Crippen molar-refractivity contribution in [3.05, 3.63) is 24.0 Å². The first-order chi connectivity index (χ1) is 8.54. The summed E-state index contributed by atoms with van der Waals surface area (Å²) in [4.78, 5) is 28.4. The van der Waals surface area contributed by atoms with Crippen molar-refractivity contribution in [1.29, 1.82) is 0 Å². The van der Waals surface area contributed by atoms with Gasteiger partial charge in [-0.05, 0) is 19.1 Å². The number of anilines is 1. The number of likely N-dealkylation sites (N-methyl/N-ethyl adjacent to an activating group) is 1. The summed E-state index contributed by atoms with van der Waals surface area (Å²) >= 11 is 0. The Morgan fingerprint density at radius 2 is 2.11 bits per heavy atom. The third-order valence-electron chi connectivity index (χ3n) is 2.21. The van der Waals surface area contributed by atoms with Crippen LogP contribution in [0.1, 0.15) is 17.4 Å². The van der Waals surface area contributed by atoms with Crippen molar-refractivity contribution in [2.45, 2.75) is 6.92 Å². The molecule has 0 saturated heterocycles. The molecular weight excluding hydrogens is 232 g/mol. The van der Waals surface area contributed by atoms with Gasteiger partial charge in [0.15, 0.2) is 0 Å².